The fourth-order valence-electron chi connectivity index (χ4n) is 2.08. The minimum atomic E-state index is -0.140. The molecule has 0 amide bonds. The van der Waals surface area contributed by atoms with Crippen molar-refractivity contribution in [2.24, 2.45) is 0 Å². The van der Waals surface area contributed by atoms with E-state index < -0.39 is 0 Å². The predicted octanol–water partition coefficient (Wildman–Crippen LogP) is 3.08. The van der Waals surface area contributed by atoms with Crippen LogP contribution in [0, 0.1) is 0 Å². The summed E-state index contributed by atoms with van der Waals surface area (Å²) in [6.07, 6.45) is 3.07. The Morgan fingerprint density at radius 1 is 1.23 bits per heavy atom. The molecular formula is C11H13BrO. The number of benzene rings is 1. The van der Waals surface area contributed by atoms with Crippen LogP contribution >= 0.6 is 15.9 Å². The van der Waals surface area contributed by atoms with E-state index in [9.17, 15) is 5.11 Å². The molecule has 1 aliphatic carbocycles. The van der Waals surface area contributed by atoms with E-state index in [0.717, 1.165) is 23.7 Å². The summed E-state index contributed by atoms with van der Waals surface area (Å²) >= 11 is 3.52. The van der Waals surface area contributed by atoms with Crippen LogP contribution in [0.4, 0.5) is 0 Å². The van der Waals surface area contributed by atoms with Gasteiger partial charge in [-0.15, -0.1) is 0 Å². The number of hydrogen-bond donors (Lipinski definition) is 1. The molecule has 0 spiro atoms. The average Bonchev–Trinajstić information content (AvgIpc) is 2.52. The van der Waals surface area contributed by atoms with Crippen LogP contribution in [0.2, 0.25) is 0 Å². The van der Waals surface area contributed by atoms with Crippen LogP contribution in [0.25, 0.3) is 0 Å². The van der Waals surface area contributed by atoms with Crippen molar-refractivity contribution in [3.05, 3.63) is 34.3 Å². The number of halogens is 1. The van der Waals surface area contributed by atoms with Crippen molar-refractivity contribution in [1.29, 1.82) is 0 Å². The van der Waals surface area contributed by atoms with Crippen molar-refractivity contribution in [2.75, 3.05) is 0 Å². The van der Waals surface area contributed by atoms with Gasteiger partial charge in [0.1, 0.15) is 0 Å². The third-order valence-corrected chi connectivity index (χ3v) is 3.51. The van der Waals surface area contributed by atoms with Gasteiger partial charge in [0.25, 0.3) is 0 Å². The summed E-state index contributed by atoms with van der Waals surface area (Å²) in [5, 5.41) is 9.75. The van der Waals surface area contributed by atoms with E-state index in [1.165, 1.54) is 5.56 Å². The third kappa shape index (κ3) is 1.79. The zero-order valence-corrected chi connectivity index (χ0v) is 9.00. The van der Waals surface area contributed by atoms with E-state index in [2.05, 4.69) is 22.0 Å². The van der Waals surface area contributed by atoms with Crippen molar-refractivity contribution >= 4 is 15.9 Å². The van der Waals surface area contributed by atoms with Gasteiger partial charge in [-0.3, -0.25) is 0 Å². The summed E-state index contributed by atoms with van der Waals surface area (Å²) in [5.74, 6) is 0.343. The monoisotopic (exact) mass is 240 g/mol. The first kappa shape index (κ1) is 9.22. The molecule has 2 atom stereocenters. The van der Waals surface area contributed by atoms with Crippen LogP contribution in [-0.2, 0) is 0 Å². The quantitative estimate of drug-likeness (QED) is 0.801. The van der Waals surface area contributed by atoms with Crippen molar-refractivity contribution in [3.8, 4) is 0 Å². The van der Waals surface area contributed by atoms with Crippen LogP contribution in [0.15, 0.2) is 28.7 Å². The Bertz CT molecular complexity index is 298. The lowest BCUT2D eigenvalue weighted by atomic mass is 9.96. The lowest BCUT2D eigenvalue weighted by Gasteiger charge is -2.15. The van der Waals surface area contributed by atoms with E-state index in [-0.39, 0.29) is 6.10 Å². The predicted molar refractivity (Wildman–Crippen MR) is 56.7 cm³/mol. The molecule has 1 unspecified atom stereocenters. The highest BCUT2D eigenvalue weighted by Gasteiger charge is 2.27. The topological polar surface area (TPSA) is 20.2 Å². The Labute approximate surface area is 86.9 Å². The summed E-state index contributed by atoms with van der Waals surface area (Å²) < 4.78 is 1.13. The van der Waals surface area contributed by atoms with E-state index in [1.807, 2.05) is 18.2 Å². The molecule has 1 nitrogen and oxygen atoms in total. The number of aliphatic hydroxyl groups excluding tert-OH is 1. The molecule has 1 saturated carbocycles. The largest absolute Gasteiger partial charge is 0.392 e. The highest BCUT2D eigenvalue weighted by atomic mass is 79.9. The third-order valence-electron chi connectivity index (χ3n) is 2.78. The average molecular weight is 241 g/mol. The highest BCUT2D eigenvalue weighted by Crippen LogP contribution is 2.37. The number of rotatable bonds is 1. The molecule has 1 N–H and O–H groups in total. The first-order valence-corrected chi connectivity index (χ1v) is 5.51. The molecule has 0 saturated heterocycles. The van der Waals surface area contributed by atoms with Gasteiger partial charge in [0, 0.05) is 10.4 Å². The zero-order chi connectivity index (χ0) is 9.26. The second kappa shape index (κ2) is 3.81. The minimum Gasteiger partial charge on any atom is -0.392 e. The molecular weight excluding hydrogens is 228 g/mol. The number of hydrogen-bond acceptors (Lipinski definition) is 1. The summed E-state index contributed by atoms with van der Waals surface area (Å²) in [6, 6.07) is 8.18. The molecule has 0 bridgehead atoms. The van der Waals surface area contributed by atoms with Crippen molar-refractivity contribution < 1.29 is 5.11 Å². The summed E-state index contributed by atoms with van der Waals surface area (Å²) in [6.45, 7) is 0. The Morgan fingerprint density at radius 3 is 2.62 bits per heavy atom. The second-order valence-electron chi connectivity index (χ2n) is 3.63. The van der Waals surface area contributed by atoms with Gasteiger partial charge in [0.15, 0.2) is 0 Å². The SMILES string of the molecule is O[C@H]1CCCC1c1ccccc1Br. The van der Waals surface area contributed by atoms with Gasteiger partial charge in [0.05, 0.1) is 6.10 Å². The van der Waals surface area contributed by atoms with E-state index >= 15 is 0 Å². The van der Waals surface area contributed by atoms with Crippen LogP contribution in [-0.4, -0.2) is 11.2 Å². The molecule has 0 aliphatic heterocycles. The van der Waals surface area contributed by atoms with E-state index in [1.54, 1.807) is 0 Å². The minimum absolute atomic E-state index is 0.140. The first-order valence-electron chi connectivity index (χ1n) is 4.71. The summed E-state index contributed by atoms with van der Waals surface area (Å²) in [5.41, 5.74) is 1.26. The lowest BCUT2D eigenvalue weighted by molar-refractivity contribution is 0.163. The van der Waals surface area contributed by atoms with Gasteiger partial charge in [-0.1, -0.05) is 40.5 Å². The Morgan fingerprint density at radius 2 is 2.00 bits per heavy atom. The Kier molecular flexibility index (Phi) is 2.70. The molecule has 1 aliphatic rings. The van der Waals surface area contributed by atoms with E-state index in [0.29, 0.717) is 5.92 Å². The normalized spacial score (nSPS) is 27.8. The molecule has 1 aromatic carbocycles. The molecule has 0 aromatic heterocycles. The summed E-state index contributed by atoms with van der Waals surface area (Å²) in [4.78, 5) is 0. The van der Waals surface area contributed by atoms with Crippen LogP contribution in [0.3, 0.4) is 0 Å². The fourth-order valence-corrected chi connectivity index (χ4v) is 2.66. The maximum absolute atomic E-state index is 9.75. The van der Waals surface area contributed by atoms with Gasteiger partial charge >= 0.3 is 0 Å². The molecule has 0 radical (unpaired) electrons. The molecule has 0 heterocycles. The number of aliphatic hydroxyl groups is 1. The van der Waals surface area contributed by atoms with Crippen molar-refractivity contribution in [2.45, 2.75) is 31.3 Å². The van der Waals surface area contributed by atoms with Crippen molar-refractivity contribution in [1.82, 2.24) is 0 Å². The molecule has 2 rings (SSSR count). The fraction of sp³-hybridized carbons (Fsp3) is 0.455. The Hall–Kier alpha value is -0.340. The van der Waals surface area contributed by atoms with Gasteiger partial charge in [-0.25, -0.2) is 0 Å². The lowest BCUT2D eigenvalue weighted by Crippen LogP contribution is -2.11. The first-order chi connectivity index (χ1) is 6.29. The van der Waals surface area contributed by atoms with E-state index in [4.69, 9.17) is 0 Å². The maximum atomic E-state index is 9.75. The zero-order valence-electron chi connectivity index (χ0n) is 7.41. The molecule has 1 fully saturated rings. The van der Waals surface area contributed by atoms with Crippen LogP contribution in [0.1, 0.15) is 30.7 Å². The smallest absolute Gasteiger partial charge is 0.0609 e. The van der Waals surface area contributed by atoms with Crippen molar-refractivity contribution in [3.63, 3.8) is 0 Å². The maximum Gasteiger partial charge on any atom is 0.0609 e. The van der Waals surface area contributed by atoms with Gasteiger partial charge in [-0.05, 0) is 24.5 Å². The molecule has 1 aromatic rings. The molecule has 2 heteroatoms. The second-order valence-corrected chi connectivity index (χ2v) is 4.48. The van der Waals surface area contributed by atoms with Gasteiger partial charge in [-0.2, -0.15) is 0 Å². The van der Waals surface area contributed by atoms with Gasteiger partial charge < -0.3 is 5.11 Å². The highest BCUT2D eigenvalue weighted by molar-refractivity contribution is 9.10. The summed E-state index contributed by atoms with van der Waals surface area (Å²) in [7, 11) is 0. The molecule has 70 valence electrons. The standard InChI is InChI=1S/C11H13BrO/c12-10-6-2-1-4-8(10)9-5-3-7-11(9)13/h1-2,4,6,9,11,13H,3,5,7H2/t9?,11-/m0/s1. The van der Waals surface area contributed by atoms with Crippen LogP contribution < -0.4 is 0 Å². The van der Waals surface area contributed by atoms with Crippen LogP contribution in [0.5, 0.6) is 0 Å². The Balaban J connectivity index is 2.29. The molecule has 13 heavy (non-hydrogen) atoms. The van der Waals surface area contributed by atoms with Gasteiger partial charge in [0.2, 0.25) is 0 Å².